The van der Waals surface area contributed by atoms with Crippen LogP contribution in [-0.2, 0) is 14.9 Å². The molecule has 5 heteroatoms. The number of hydrogen-bond acceptors (Lipinski definition) is 3. The van der Waals surface area contributed by atoms with E-state index in [0.29, 0.717) is 17.5 Å². The molecule has 0 bridgehead atoms. The summed E-state index contributed by atoms with van der Waals surface area (Å²) in [5.74, 6) is 0.529. The van der Waals surface area contributed by atoms with Crippen LogP contribution in [0.2, 0.25) is 5.02 Å². The summed E-state index contributed by atoms with van der Waals surface area (Å²) in [5.41, 5.74) is 1.11. The third-order valence-electron chi connectivity index (χ3n) is 3.77. The SMILES string of the molecule is CCOC(=O)C1(c2nc3ccc(Cl)cc3[nH]2)CCC1. The molecule has 3 rings (SSSR count). The number of aromatic nitrogens is 2. The number of ether oxygens (including phenoxy) is 1. The lowest BCUT2D eigenvalue weighted by molar-refractivity contribution is -0.154. The van der Waals surface area contributed by atoms with Crippen LogP contribution < -0.4 is 0 Å². The standard InChI is InChI=1S/C14H15ClN2O2/c1-2-19-13(18)14(6-3-7-14)12-16-10-5-4-9(15)8-11(10)17-12/h4-5,8H,2-3,6-7H2,1H3,(H,16,17). The average Bonchev–Trinajstić information content (AvgIpc) is 2.70. The highest BCUT2D eigenvalue weighted by molar-refractivity contribution is 6.31. The third-order valence-corrected chi connectivity index (χ3v) is 4.01. The van der Waals surface area contributed by atoms with Crippen molar-refractivity contribution in [2.45, 2.75) is 31.6 Å². The molecule has 1 aliphatic carbocycles. The number of esters is 1. The molecule has 0 spiro atoms. The van der Waals surface area contributed by atoms with Crippen LogP contribution in [0.3, 0.4) is 0 Å². The fraction of sp³-hybridized carbons (Fsp3) is 0.429. The van der Waals surface area contributed by atoms with E-state index in [0.717, 1.165) is 30.3 Å². The number of nitrogens with zero attached hydrogens (tertiary/aromatic N) is 1. The summed E-state index contributed by atoms with van der Waals surface area (Å²) in [7, 11) is 0. The van der Waals surface area contributed by atoms with Crippen LogP contribution in [0.15, 0.2) is 18.2 Å². The minimum absolute atomic E-state index is 0.175. The van der Waals surface area contributed by atoms with Gasteiger partial charge in [-0.25, -0.2) is 4.98 Å². The van der Waals surface area contributed by atoms with Gasteiger partial charge in [-0.1, -0.05) is 18.0 Å². The number of rotatable bonds is 3. The second kappa shape index (κ2) is 4.53. The number of hydrogen-bond donors (Lipinski definition) is 1. The van der Waals surface area contributed by atoms with Crippen molar-refractivity contribution in [1.82, 2.24) is 9.97 Å². The van der Waals surface area contributed by atoms with Gasteiger partial charge in [0.25, 0.3) is 0 Å². The van der Waals surface area contributed by atoms with Gasteiger partial charge in [0.05, 0.1) is 17.6 Å². The van der Waals surface area contributed by atoms with E-state index in [1.807, 2.05) is 19.1 Å². The highest BCUT2D eigenvalue weighted by atomic mass is 35.5. The minimum atomic E-state index is -0.582. The van der Waals surface area contributed by atoms with E-state index in [1.54, 1.807) is 6.07 Å². The molecular weight excluding hydrogens is 264 g/mol. The lowest BCUT2D eigenvalue weighted by atomic mass is 9.68. The van der Waals surface area contributed by atoms with Gasteiger partial charge in [0.1, 0.15) is 11.2 Å². The van der Waals surface area contributed by atoms with Gasteiger partial charge in [-0.15, -0.1) is 0 Å². The summed E-state index contributed by atoms with van der Waals surface area (Å²) in [6.45, 7) is 2.22. The lowest BCUT2D eigenvalue weighted by Gasteiger charge is -2.37. The number of carbonyl (C=O) groups is 1. The van der Waals surface area contributed by atoms with E-state index in [9.17, 15) is 4.79 Å². The Hall–Kier alpha value is -1.55. The predicted molar refractivity (Wildman–Crippen MR) is 73.3 cm³/mol. The smallest absolute Gasteiger partial charge is 0.319 e. The quantitative estimate of drug-likeness (QED) is 0.877. The normalized spacial score (nSPS) is 17.2. The fourth-order valence-electron chi connectivity index (χ4n) is 2.55. The highest BCUT2D eigenvalue weighted by Crippen LogP contribution is 2.44. The van der Waals surface area contributed by atoms with Crippen molar-refractivity contribution in [3.63, 3.8) is 0 Å². The number of aromatic amines is 1. The third kappa shape index (κ3) is 1.91. The van der Waals surface area contributed by atoms with Gasteiger partial charge < -0.3 is 9.72 Å². The number of H-pyrrole nitrogens is 1. The number of carbonyl (C=O) groups excluding carboxylic acids is 1. The Balaban J connectivity index is 2.04. The maximum atomic E-state index is 12.2. The summed E-state index contributed by atoms with van der Waals surface area (Å²) in [6.07, 6.45) is 2.61. The maximum absolute atomic E-state index is 12.2. The van der Waals surface area contributed by atoms with Gasteiger partial charge in [-0.3, -0.25) is 4.79 Å². The molecule has 1 heterocycles. The predicted octanol–water partition coefficient (Wildman–Crippen LogP) is 3.20. The van der Waals surface area contributed by atoms with E-state index in [1.165, 1.54) is 0 Å². The van der Waals surface area contributed by atoms with Crippen molar-refractivity contribution >= 4 is 28.6 Å². The van der Waals surface area contributed by atoms with Gasteiger partial charge in [0, 0.05) is 5.02 Å². The summed E-state index contributed by atoms with van der Waals surface area (Å²) in [6, 6.07) is 5.48. The number of imidazole rings is 1. The molecule has 1 N–H and O–H groups in total. The zero-order valence-electron chi connectivity index (χ0n) is 10.7. The average molecular weight is 279 g/mol. The Morgan fingerprint density at radius 2 is 2.32 bits per heavy atom. The molecule has 100 valence electrons. The van der Waals surface area contributed by atoms with Crippen LogP contribution >= 0.6 is 11.6 Å². The van der Waals surface area contributed by atoms with Crippen LogP contribution in [-0.4, -0.2) is 22.5 Å². The largest absolute Gasteiger partial charge is 0.465 e. The van der Waals surface area contributed by atoms with Crippen LogP contribution in [0.4, 0.5) is 0 Å². The second-order valence-corrected chi connectivity index (χ2v) is 5.34. The summed E-state index contributed by atoms with van der Waals surface area (Å²) >= 11 is 5.96. The molecule has 1 aromatic carbocycles. The van der Waals surface area contributed by atoms with Crippen molar-refractivity contribution < 1.29 is 9.53 Å². The van der Waals surface area contributed by atoms with E-state index >= 15 is 0 Å². The first-order chi connectivity index (χ1) is 9.15. The molecule has 0 unspecified atom stereocenters. The second-order valence-electron chi connectivity index (χ2n) is 4.90. The zero-order chi connectivity index (χ0) is 13.5. The Morgan fingerprint density at radius 1 is 1.53 bits per heavy atom. The van der Waals surface area contributed by atoms with Crippen LogP contribution in [0.1, 0.15) is 32.0 Å². The Bertz CT molecular complexity index is 631. The van der Waals surface area contributed by atoms with Gasteiger partial charge in [0.15, 0.2) is 0 Å². The molecule has 19 heavy (non-hydrogen) atoms. The van der Waals surface area contributed by atoms with Crippen molar-refractivity contribution in [3.8, 4) is 0 Å². The molecule has 1 fully saturated rings. The molecule has 4 nitrogen and oxygen atoms in total. The lowest BCUT2D eigenvalue weighted by Crippen LogP contribution is -2.44. The number of nitrogens with one attached hydrogen (secondary N) is 1. The monoisotopic (exact) mass is 278 g/mol. The molecule has 0 radical (unpaired) electrons. The van der Waals surface area contributed by atoms with Crippen LogP contribution in [0, 0.1) is 0 Å². The summed E-state index contributed by atoms with van der Waals surface area (Å²) < 4.78 is 5.20. The summed E-state index contributed by atoms with van der Waals surface area (Å²) in [4.78, 5) is 19.9. The van der Waals surface area contributed by atoms with E-state index < -0.39 is 5.41 Å². The number of benzene rings is 1. The number of halogens is 1. The molecule has 1 saturated carbocycles. The summed E-state index contributed by atoms with van der Waals surface area (Å²) in [5, 5.41) is 0.654. The Kier molecular flexibility index (Phi) is 2.97. The Labute approximate surface area is 116 Å². The molecule has 0 atom stereocenters. The van der Waals surface area contributed by atoms with Crippen molar-refractivity contribution in [1.29, 1.82) is 0 Å². The first-order valence-corrected chi connectivity index (χ1v) is 6.86. The van der Waals surface area contributed by atoms with Gasteiger partial charge in [-0.05, 0) is 38.0 Å². The fourth-order valence-corrected chi connectivity index (χ4v) is 2.72. The molecule has 2 aromatic rings. The molecular formula is C14H15ClN2O2. The maximum Gasteiger partial charge on any atom is 0.319 e. The molecule has 0 saturated heterocycles. The first kappa shape index (κ1) is 12.5. The highest BCUT2D eigenvalue weighted by Gasteiger charge is 2.49. The number of fused-ring (bicyclic) bond motifs is 1. The molecule has 0 aliphatic heterocycles. The van der Waals surface area contributed by atoms with E-state index in [4.69, 9.17) is 16.3 Å². The van der Waals surface area contributed by atoms with Crippen molar-refractivity contribution in [2.75, 3.05) is 6.61 Å². The minimum Gasteiger partial charge on any atom is -0.465 e. The van der Waals surface area contributed by atoms with E-state index in [-0.39, 0.29) is 5.97 Å². The zero-order valence-corrected chi connectivity index (χ0v) is 11.5. The topological polar surface area (TPSA) is 55.0 Å². The van der Waals surface area contributed by atoms with Crippen LogP contribution in [0.5, 0.6) is 0 Å². The molecule has 0 amide bonds. The molecule has 1 aromatic heterocycles. The van der Waals surface area contributed by atoms with Crippen molar-refractivity contribution in [2.24, 2.45) is 0 Å². The van der Waals surface area contributed by atoms with Crippen molar-refractivity contribution in [3.05, 3.63) is 29.0 Å². The van der Waals surface area contributed by atoms with Gasteiger partial charge >= 0.3 is 5.97 Å². The first-order valence-electron chi connectivity index (χ1n) is 6.49. The van der Waals surface area contributed by atoms with Gasteiger partial charge in [-0.2, -0.15) is 0 Å². The Morgan fingerprint density at radius 3 is 2.95 bits per heavy atom. The van der Waals surface area contributed by atoms with Gasteiger partial charge in [0.2, 0.25) is 0 Å². The van der Waals surface area contributed by atoms with E-state index in [2.05, 4.69) is 9.97 Å². The molecule has 1 aliphatic rings. The van der Waals surface area contributed by atoms with Crippen LogP contribution in [0.25, 0.3) is 11.0 Å².